The molecule has 1 saturated carbocycles. The van der Waals surface area contributed by atoms with Gasteiger partial charge in [0.05, 0.1) is 17.7 Å². The van der Waals surface area contributed by atoms with E-state index >= 15 is 0 Å². The Kier molecular flexibility index (Phi) is 3.44. The Balaban J connectivity index is 1.88. The van der Waals surface area contributed by atoms with Gasteiger partial charge in [0.1, 0.15) is 0 Å². The molecule has 1 fully saturated rings. The average molecular weight is 273 g/mol. The first-order valence-electron chi connectivity index (χ1n) is 7.07. The molecule has 106 valence electrons. The minimum absolute atomic E-state index is 0.105. The second-order valence-corrected chi connectivity index (χ2v) is 5.45. The highest BCUT2D eigenvalue weighted by molar-refractivity contribution is 6.04. The fourth-order valence-corrected chi connectivity index (χ4v) is 2.99. The van der Waals surface area contributed by atoms with Crippen LogP contribution in [0.1, 0.15) is 36.2 Å². The van der Waals surface area contributed by atoms with Crippen LogP contribution in [0.5, 0.6) is 0 Å². The molecule has 5 nitrogen and oxygen atoms in total. The van der Waals surface area contributed by atoms with Crippen LogP contribution in [0.3, 0.4) is 0 Å². The molecule has 1 aliphatic carbocycles. The Morgan fingerprint density at radius 3 is 2.90 bits per heavy atom. The van der Waals surface area contributed by atoms with Gasteiger partial charge in [-0.2, -0.15) is 5.10 Å². The molecule has 1 heterocycles. The summed E-state index contributed by atoms with van der Waals surface area (Å²) in [6.07, 6.45) is 3.28. The molecule has 20 heavy (non-hydrogen) atoms. The fourth-order valence-electron chi connectivity index (χ4n) is 2.99. The van der Waals surface area contributed by atoms with Gasteiger partial charge in [-0.3, -0.25) is 9.89 Å². The molecule has 5 heteroatoms. The molecule has 0 spiro atoms. The van der Waals surface area contributed by atoms with Crippen molar-refractivity contribution in [2.75, 3.05) is 7.05 Å². The number of nitrogens with one attached hydrogen (secondary N) is 1. The van der Waals surface area contributed by atoms with E-state index < -0.39 is 6.10 Å². The quantitative estimate of drug-likeness (QED) is 0.878. The summed E-state index contributed by atoms with van der Waals surface area (Å²) in [5.41, 5.74) is 1.29. The van der Waals surface area contributed by atoms with Crippen molar-refractivity contribution in [2.24, 2.45) is 0 Å². The predicted molar refractivity (Wildman–Crippen MR) is 76.5 cm³/mol. The third kappa shape index (κ3) is 2.18. The standard InChI is InChI=1S/C15H19N3O2/c1-18(12-8-4-5-9-13(12)19)15(20)14-10-6-2-3-7-11(10)16-17-14/h2-3,6-7,12-13,19H,4-5,8-9H2,1H3,(H,16,17). The summed E-state index contributed by atoms with van der Waals surface area (Å²) in [6.45, 7) is 0. The van der Waals surface area contributed by atoms with Gasteiger partial charge in [0.2, 0.25) is 0 Å². The Labute approximate surface area is 117 Å². The van der Waals surface area contributed by atoms with Gasteiger partial charge in [-0.15, -0.1) is 0 Å². The first-order chi connectivity index (χ1) is 9.68. The number of aromatic nitrogens is 2. The molecule has 2 aromatic rings. The number of hydrogen-bond acceptors (Lipinski definition) is 3. The van der Waals surface area contributed by atoms with Gasteiger partial charge >= 0.3 is 0 Å². The lowest BCUT2D eigenvalue weighted by Gasteiger charge is -2.34. The first-order valence-corrected chi connectivity index (χ1v) is 7.07. The molecule has 2 atom stereocenters. The number of H-pyrrole nitrogens is 1. The number of likely N-dealkylation sites (N-methyl/N-ethyl adjacent to an activating group) is 1. The van der Waals surface area contributed by atoms with Gasteiger partial charge in [0.15, 0.2) is 5.69 Å². The van der Waals surface area contributed by atoms with E-state index in [-0.39, 0.29) is 11.9 Å². The molecular weight excluding hydrogens is 254 g/mol. The Morgan fingerprint density at radius 2 is 2.10 bits per heavy atom. The average Bonchev–Trinajstić information content (AvgIpc) is 2.90. The van der Waals surface area contributed by atoms with Crippen LogP contribution in [0.4, 0.5) is 0 Å². The number of carbonyl (C=O) groups excluding carboxylic acids is 1. The summed E-state index contributed by atoms with van der Waals surface area (Å²) in [4.78, 5) is 14.2. The van der Waals surface area contributed by atoms with Crippen molar-refractivity contribution in [3.8, 4) is 0 Å². The summed E-state index contributed by atoms with van der Waals surface area (Å²) in [7, 11) is 1.75. The van der Waals surface area contributed by atoms with Crippen LogP contribution in [0.15, 0.2) is 24.3 Å². The highest BCUT2D eigenvalue weighted by atomic mass is 16.3. The Bertz CT molecular complexity index is 622. The number of amides is 1. The molecule has 1 aromatic heterocycles. The summed E-state index contributed by atoms with van der Waals surface area (Å²) in [5, 5.41) is 17.9. The van der Waals surface area contributed by atoms with Crippen LogP contribution in [-0.4, -0.2) is 45.3 Å². The SMILES string of the molecule is CN(C(=O)c1n[nH]c2ccccc12)C1CCCCC1O. The van der Waals surface area contributed by atoms with E-state index in [9.17, 15) is 9.90 Å². The molecule has 0 aliphatic heterocycles. The lowest BCUT2D eigenvalue weighted by molar-refractivity contribution is 0.0265. The minimum atomic E-state index is -0.428. The van der Waals surface area contributed by atoms with E-state index in [4.69, 9.17) is 0 Å². The number of benzene rings is 1. The number of hydrogen-bond donors (Lipinski definition) is 2. The smallest absolute Gasteiger partial charge is 0.275 e. The van der Waals surface area contributed by atoms with Gasteiger partial charge in [-0.05, 0) is 18.9 Å². The van der Waals surface area contributed by atoms with Gasteiger partial charge < -0.3 is 10.0 Å². The summed E-state index contributed by atoms with van der Waals surface area (Å²) in [6, 6.07) is 7.48. The number of para-hydroxylation sites is 1. The maximum atomic E-state index is 12.6. The van der Waals surface area contributed by atoms with Crippen molar-refractivity contribution in [2.45, 2.75) is 37.8 Å². The van der Waals surface area contributed by atoms with Crippen molar-refractivity contribution in [3.63, 3.8) is 0 Å². The van der Waals surface area contributed by atoms with Crippen molar-refractivity contribution in [1.82, 2.24) is 15.1 Å². The van der Waals surface area contributed by atoms with Crippen molar-refractivity contribution in [1.29, 1.82) is 0 Å². The number of carbonyl (C=O) groups is 1. The summed E-state index contributed by atoms with van der Waals surface area (Å²) >= 11 is 0. The number of aromatic amines is 1. The molecule has 1 aliphatic rings. The van der Waals surface area contributed by atoms with E-state index in [2.05, 4.69) is 10.2 Å². The third-order valence-corrected chi connectivity index (χ3v) is 4.18. The number of aliphatic hydroxyl groups is 1. The van der Waals surface area contributed by atoms with Crippen LogP contribution in [0.25, 0.3) is 10.9 Å². The van der Waals surface area contributed by atoms with Crippen LogP contribution in [-0.2, 0) is 0 Å². The van der Waals surface area contributed by atoms with Crippen molar-refractivity contribution >= 4 is 16.8 Å². The predicted octanol–water partition coefficient (Wildman–Crippen LogP) is 1.94. The van der Waals surface area contributed by atoms with Crippen LogP contribution in [0, 0.1) is 0 Å². The molecule has 0 saturated heterocycles. The van der Waals surface area contributed by atoms with Crippen LogP contribution >= 0.6 is 0 Å². The van der Waals surface area contributed by atoms with E-state index in [0.717, 1.165) is 36.6 Å². The Hall–Kier alpha value is -1.88. The number of rotatable bonds is 2. The normalized spacial score (nSPS) is 22.9. The molecule has 0 radical (unpaired) electrons. The zero-order valence-electron chi connectivity index (χ0n) is 11.5. The van der Waals surface area contributed by atoms with Crippen LogP contribution in [0.2, 0.25) is 0 Å². The monoisotopic (exact) mass is 273 g/mol. The van der Waals surface area contributed by atoms with E-state index in [1.807, 2.05) is 24.3 Å². The molecule has 0 bridgehead atoms. The van der Waals surface area contributed by atoms with E-state index in [0.29, 0.717) is 5.69 Å². The number of nitrogens with zero attached hydrogens (tertiary/aromatic N) is 2. The maximum Gasteiger partial charge on any atom is 0.275 e. The van der Waals surface area contributed by atoms with Gasteiger partial charge in [-0.1, -0.05) is 31.0 Å². The second kappa shape index (κ2) is 5.25. The zero-order valence-corrected chi connectivity index (χ0v) is 11.5. The van der Waals surface area contributed by atoms with Crippen molar-refractivity contribution in [3.05, 3.63) is 30.0 Å². The zero-order chi connectivity index (χ0) is 14.1. The molecule has 2 unspecified atom stereocenters. The summed E-state index contributed by atoms with van der Waals surface area (Å²) in [5.74, 6) is -0.131. The number of aliphatic hydroxyl groups excluding tert-OH is 1. The minimum Gasteiger partial charge on any atom is -0.391 e. The highest BCUT2D eigenvalue weighted by Gasteiger charge is 2.31. The first kappa shape index (κ1) is 13.1. The largest absolute Gasteiger partial charge is 0.391 e. The van der Waals surface area contributed by atoms with Crippen molar-refractivity contribution < 1.29 is 9.90 Å². The second-order valence-electron chi connectivity index (χ2n) is 5.45. The number of fused-ring (bicyclic) bond motifs is 1. The summed E-state index contributed by atoms with van der Waals surface area (Å²) < 4.78 is 0. The van der Waals surface area contributed by atoms with Crippen LogP contribution < -0.4 is 0 Å². The third-order valence-electron chi connectivity index (χ3n) is 4.18. The Morgan fingerprint density at radius 1 is 1.35 bits per heavy atom. The highest BCUT2D eigenvalue weighted by Crippen LogP contribution is 2.24. The topological polar surface area (TPSA) is 69.2 Å². The molecule has 1 amide bonds. The molecule has 3 rings (SSSR count). The van der Waals surface area contributed by atoms with Gasteiger partial charge in [0.25, 0.3) is 5.91 Å². The maximum absolute atomic E-state index is 12.6. The van der Waals surface area contributed by atoms with E-state index in [1.54, 1.807) is 11.9 Å². The lowest BCUT2D eigenvalue weighted by atomic mass is 9.91. The lowest BCUT2D eigenvalue weighted by Crippen LogP contribution is -2.46. The molecule has 1 aromatic carbocycles. The van der Waals surface area contributed by atoms with Gasteiger partial charge in [0, 0.05) is 12.4 Å². The fraction of sp³-hybridized carbons (Fsp3) is 0.467. The van der Waals surface area contributed by atoms with Gasteiger partial charge in [-0.25, -0.2) is 0 Å². The van der Waals surface area contributed by atoms with E-state index in [1.165, 1.54) is 0 Å². The molecular formula is C15H19N3O2. The molecule has 2 N–H and O–H groups in total.